The van der Waals surface area contributed by atoms with Crippen LogP contribution in [0.1, 0.15) is 32.6 Å². The minimum atomic E-state index is -6.04. The molecular weight excluding hydrogens is 485 g/mol. The van der Waals surface area contributed by atoms with Gasteiger partial charge in [0.05, 0.1) is 6.17 Å². The van der Waals surface area contributed by atoms with Crippen LogP contribution < -0.4 is 10.6 Å². The molecular formula is C14H17F6IN2O3. The van der Waals surface area contributed by atoms with E-state index in [1.54, 1.807) is 22.6 Å². The third kappa shape index (κ3) is 2.82. The first-order valence-corrected chi connectivity index (χ1v) is 9.07. The zero-order valence-electron chi connectivity index (χ0n) is 13.5. The molecule has 0 spiro atoms. The van der Waals surface area contributed by atoms with E-state index in [-0.39, 0.29) is 19.0 Å². The maximum atomic E-state index is 13.3. The molecule has 2 atom stereocenters. The molecule has 0 radical (unpaired) electrons. The number of hydrogen-bond acceptors (Lipinski definition) is 5. The van der Waals surface area contributed by atoms with Crippen LogP contribution >= 0.6 is 22.6 Å². The first-order valence-electron chi connectivity index (χ1n) is 7.99. The Bertz CT molecular complexity index is 582. The lowest BCUT2D eigenvalue weighted by molar-refractivity contribution is -0.396. The maximum Gasteiger partial charge on any atom is 0.430 e. The van der Waals surface area contributed by atoms with Crippen molar-refractivity contribution in [2.24, 2.45) is 5.92 Å². The molecule has 5 nitrogen and oxygen atoms in total. The van der Waals surface area contributed by atoms with Crippen LogP contribution in [-0.2, 0) is 9.53 Å². The molecule has 1 saturated carbocycles. The molecule has 3 rings (SSSR count). The molecule has 0 aromatic rings. The van der Waals surface area contributed by atoms with E-state index in [1.165, 1.54) is 6.92 Å². The predicted octanol–water partition coefficient (Wildman–Crippen LogP) is 2.37. The Hall–Kier alpha value is -0.340. The van der Waals surface area contributed by atoms with Crippen LogP contribution in [0.3, 0.4) is 0 Å². The van der Waals surface area contributed by atoms with E-state index in [0.717, 1.165) is 0 Å². The standard InChI is InChI=1S/C14H17F6IN2O3/c1-10(21,12-8(22-12)23-12)9(24)26-7(6-4-2-3-5-6)11(25,13(15,16)17)14(18,19)20/h6-8,22-23,25H,2-5H2,1H3. The SMILES string of the molecule is CC(I)(C(=O)OC(C1CCCC1)C(O)(C(F)(F)F)C(F)(F)F)C12NC1N2. The fourth-order valence-electron chi connectivity index (χ4n) is 3.57. The van der Waals surface area contributed by atoms with Gasteiger partial charge in [0.1, 0.15) is 5.66 Å². The lowest BCUT2D eigenvalue weighted by Crippen LogP contribution is -2.67. The molecule has 3 N–H and O–H groups in total. The molecule has 26 heavy (non-hydrogen) atoms. The highest BCUT2D eigenvalue weighted by Crippen LogP contribution is 2.54. The Balaban J connectivity index is 1.93. The Labute approximate surface area is 158 Å². The maximum absolute atomic E-state index is 13.3. The fraction of sp³-hybridized carbons (Fsp3) is 0.929. The van der Waals surface area contributed by atoms with Crippen LogP contribution in [0.4, 0.5) is 26.3 Å². The van der Waals surface area contributed by atoms with Gasteiger partial charge in [0.2, 0.25) is 0 Å². The van der Waals surface area contributed by atoms with E-state index in [4.69, 9.17) is 4.74 Å². The topological polar surface area (TPSA) is 90.4 Å². The van der Waals surface area contributed by atoms with E-state index in [0.29, 0.717) is 12.8 Å². The molecule has 2 heterocycles. The van der Waals surface area contributed by atoms with Crippen molar-refractivity contribution in [1.82, 2.24) is 10.6 Å². The molecule has 150 valence electrons. The summed E-state index contributed by atoms with van der Waals surface area (Å²) in [7, 11) is 0. The molecule has 1 aliphatic carbocycles. The number of rotatable bonds is 5. The van der Waals surface area contributed by atoms with Crippen molar-refractivity contribution in [2.45, 2.75) is 71.9 Å². The Morgan fingerprint density at radius 2 is 1.58 bits per heavy atom. The largest absolute Gasteiger partial charge is 0.457 e. The normalized spacial score (nSPS) is 32.6. The average Bonchev–Trinajstić information content (AvgIpc) is 3.28. The summed E-state index contributed by atoms with van der Waals surface area (Å²) in [6, 6.07) is 0. The van der Waals surface area contributed by atoms with E-state index in [1.807, 2.05) is 0 Å². The van der Waals surface area contributed by atoms with Crippen LogP contribution in [0, 0.1) is 5.92 Å². The Morgan fingerprint density at radius 3 is 1.92 bits per heavy atom. The van der Waals surface area contributed by atoms with Crippen LogP contribution in [0.25, 0.3) is 0 Å². The first-order chi connectivity index (χ1) is 11.7. The number of aliphatic hydroxyl groups is 1. The summed E-state index contributed by atoms with van der Waals surface area (Å²) in [6.45, 7) is 1.36. The van der Waals surface area contributed by atoms with Crippen molar-refractivity contribution in [3.05, 3.63) is 0 Å². The Morgan fingerprint density at radius 1 is 1.15 bits per heavy atom. The number of carbonyl (C=O) groups excluding carboxylic acids is 1. The molecule has 3 fully saturated rings. The van der Waals surface area contributed by atoms with E-state index < -0.39 is 45.0 Å². The number of nitrogens with one attached hydrogen (secondary N) is 2. The lowest BCUT2D eigenvalue weighted by Gasteiger charge is -2.41. The second kappa shape index (κ2) is 5.83. The quantitative estimate of drug-likeness (QED) is 0.177. The van der Waals surface area contributed by atoms with Crippen molar-refractivity contribution in [1.29, 1.82) is 0 Å². The molecule has 0 bridgehead atoms. The van der Waals surface area contributed by atoms with Gasteiger partial charge >= 0.3 is 18.3 Å². The Kier molecular flexibility index (Phi) is 4.57. The summed E-state index contributed by atoms with van der Waals surface area (Å²) in [6.07, 6.45) is -14.2. The highest BCUT2D eigenvalue weighted by Gasteiger charge is 2.82. The third-order valence-corrected chi connectivity index (χ3v) is 6.76. The van der Waals surface area contributed by atoms with Crippen molar-refractivity contribution >= 4 is 28.6 Å². The van der Waals surface area contributed by atoms with Crippen molar-refractivity contribution in [3.8, 4) is 0 Å². The minimum absolute atomic E-state index is 0.00858. The predicted molar refractivity (Wildman–Crippen MR) is 84.1 cm³/mol. The van der Waals surface area contributed by atoms with Gasteiger partial charge in [0.25, 0.3) is 5.60 Å². The van der Waals surface area contributed by atoms with Gasteiger partial charge in [-0.1, -0.05) is 35.4 Å². The second-order valence-corrected chi connectivity index (χ2v) is 9.32. The van der Waals surface area contributed by atoms with Crippen LogP contribution in [0.5, 0.6) is 0 Å². The van der Waals surface area contributed by atoms with Crippen molar-refractivity contribution < 1.29 is 41.0 Å². The molecule has 3 aliphatic rings. The highest BCUT2D eigenvalue weighted by molar-refractivity contribution is 14.1. The summed E-state index contributed by atoms with van der Waals surface area (Å²) < 4.78 is 83.3. The number of hydrogen-bond donors (Lipinski definition) is 3. The fourth-order valence-corrected chi connectivity index (χ4v) is 4.32. The molecule has 2 saturated heterocycles. The molecule has 2 unspecified atom stereocenters. The van der Waals surface area contributed by atoms with E-state index in [9.17, 15) is 36.2 Å². The van der Waals surface area contributed by atoms with Crippen molar-refractivity contribution in [3.63, 3.8) is 0 Å². The zero-order chi connectivity index (χ0) is 19.8. The molecule has 0 aromatic carbocycles. The molecule has 0 aromatic heterocycles. The average molecular weight is 502 g/mol. The van der Waals surface area contributed by atoms with E-state index in [2.05, 4.69) is 10.6 Å². The summed E-state index contributed by atoms with van der Waals surface area (Å²) in [5.74, 6) is -2.46. The molecule has 12 heteroatoms. The number of carbonyl (C=O) groups is 1. The molecule has 0 amide bonds. The van der Waals surface area contributed by atoms with E-state index >= 15 is 0 Å². The van der Waals surface area contributed by atoms with Gasteiger partial charge in [0, 0.05) is 0 Å². The zero-order valence-corrected chi connectivity index (χ0v) is 15.6. The molecule has 2 aliphatic heterocycles. The number of esters is 1. The van der Waals surface area contributed by atoms with Crippen LogP contribution in [0.15, 0.2) is 0 Å². The monoisotopic (exact) mass is 502 g/mol. The minimum Gasteiger partial charge on any atom is -0.457 e. The summed E-state index contributed by atoms with van der Waals surface area (Å²) >= 11 is 1.64. The van der Waals surface area contributed by atoms with Gasteiger partial charge in [0.15, 0.2) is 9.53 Å². The van der Waals surface area contributed by atoms with Crippen molar-refractivity contribution in [2.75, 3.05) is 0 Å². The summed E-state index contributed by atoms with van der Waals surface area (Å²) in [5.41, 5.74) is -6.00. The number of ether oxygens (including phenoxy) is 1. The summed E-state index contributed by atoms with van der Waals surface area (Å²) in [5, 5.41) is 15.5. The van der Waals surface area contributed by atoms with Gasteiger partial charge in [-0.15, -0.1) is 0 Å². The van der Waals surface area contributed by atoms with Gasteiger partial charge in [-0.3, -0.25) is 15.4 Å². The van der Waals surface area contributed by atoms with Crippen LogP contribution in [0.2, 0.25) is 0 Å². The second-order valence-electron chi connectivity index (χ2n) is 7.17. The third-order valence-electron chi connectivity index (χ3n) is 5.47. The smallest absolute Gasteiger partial charge is 0.430 e. The van der Waals surface area contributed by atoms with Gasteiger partial charge in [-0.25, -0.2) is 0 Å². The van der Waals surface area contributed by atoms with Gasteiger partial charge in [-0.05, 0) is 25.7 Å². The van der Waals surface area contributed by atoms with Gasteiger partial charge in [-0.2, -0.15) is 26.3 Å². The lowest BCUT2D eigenvalue weighted by atomic mass is 9.84. The van der Waals surface area contributed by atoms with Crippen LogP contribution in [-0.4, -0.2) is 50.4 Å². The number of alkyl halides is 7. The van der Waals surface area contributed by atoms with Gasteiger partial charge < -0.3 is 9.84 Å². The number of fused-ring (bicyclic) bond motifs is 1. The first kappa shape index (κ1) is 20.4. The number of halogens is 7. The highest BCUT2D eigenvalue weighted by atomic mass is 127. The summed E-state index contributed by atoms with van der Waals surface area (Å²) in [4.78, 5) is 12.5.